The zero-order valence-corrected chi connectivity index (χ0v) is 15.4. The van der Waals surface area contributed by atoms with Gasteiger partial charge in [-0.05, 0) is 67.9 Å². The van der Waals surface area contributed by atoms with E-state index in [1.165, 1.54) is 13.5 Å². The van der Waals surface area contributed by atoms with E-state index >= 15 is 0 Å². The van der Waals surface area contributed by atoms with Crippen LogP contribution in [-0.2, 0) is 9.53 Å². The fraction of sp³-hybridized carbons (Fsp3) is 0.619. The minimum absolute atomic E-state index is 0.00615. The second-order valence-electron chi connectivity index (χ2n) is 8.05. The lowest BCUT2D eigenvalue weighted by atomic mass is 9.52. The van der Waals surface area contributed by atoms with Crippen molar-refractivity contribution in [2.45, 2.75) is 32.1 Å². The van der Waals surface area contributed by atoms with Crippen LogP contribution in [0.1, 0.15) is 42.5 Å². The first-order chi connectivity index (χ1) is 12.6. The van der Waals surface area contributed by atoms with Crippen LogP contribution in [0.3, 0.4) is 0 Å². The number of hydrogen-bond acceptors (Lipinski definition) is 5. The SMILES string of the molecule is COc1ccc(C(=O)COC(=O)C2C3CC4CC(C3)CC2C4)c(OC)c1. The second kappa shape index (κ2) is 6.93. The molecule has 5 nitrogen and oxygen atoms in total. The molecule has 0 saturated heterocycles. The predicted molar refractivity (Wildman–Crippen MR) is 95.4 cm³/mol. The first-order valence-electron chi connectivity index (χ1n) is 9.51. The van der Waals surface area contributed by atoms with Gasteiger partial charge < -0.3 is 14.2 Å². The van der Waals surface area contributed by atoms with Crippen LogP contribution < -0.4 is 9.47 Å². The molecule has 4 bridgehead atoms. The van der Waals surface area contributed by atoms with Crippen molar-refractivity contribution in [3.05, 3.63) is 23.8 Å². The van der Waals surface area contributed by atoms with Gasteiger partial charge in [-0.1, -0.05) is 0 Å². The summed E-state index contributed by atoms with van der Waals surface area (Å²) in [5, 5.41) is 0. The molecule has 4 aliphatic rings. The molecule has 0 atom stereocenters. The molecule has 0 unspecified atom stereocenters. The standard InChI is InChI=1S/C21H26O5/c1-24-16-3-4-17(19(10-16)25-2)18(22)11-26-21(23)20-14-6-12-5-13(8-14)9-15(20)7-12/h3-4,10,12-15,20H,5-9,11H2,1-2H3. The molecule has 1 aromatic rings. The van der Waals surface area contributed by atoms with Crippen molar-refractivity contribution in [3.63, 3.8) is 0 Å². The van der Waals surface area contributed by atoms with Gasteiger partial charge in [0.1, 0.15) is 11.5 Å². The summed E-state index contributed by atoms with van der Waals surface area (Å²) in [5.41, 5.74) is 0.409. The van der Waals surface area contributed by atoms with Crippen LogP contribution in [0.2, 0.25) is 0 Å². The van der Waals surface area contributed by atoms with Gasteiger partial charge >= 0.3 is 5.97 Å². The number of benzene rings is 1. The maximum Gasteiger partial charge on any atom is 0.309 e. The smallest absolute Gasteiger partial charge is 0.309 e. The third kappa shape index (κ3) is 3.08. The summed E-state index contributed by atoms with van der Waals surface area (Å²) in [6, 6.07) is 5.01. The first kappa shape index (κ1) is 17.4. The fourth-order valence-electron chi connectivity index (χ4n) is 5.65. The van der Waals surface area contributed by atoms with E-state index in [0.29, 0.717) is 28.9 Å². The Morgan fingerprint density at radius 2 is 1.62 bits per heavy atom. The lowest BCUT2D eigenvalue weighted by Gasteiger charge is -2.53. The van der Waals surface area contributed by atoms with Gasteiger partial charge in [-0.25, -0.2) is 0 Å². The zero-order chi connectivity index (χ0) is 18.3. The second-order valence-corrected chi connectivity index (χ2v) is 8.05. The maximum atomic E-state index is 12.7. The van der Waals surface area contributed by atoms with Gasteiger partial charge in [0.05, 0.1) is 25.7 Å². The Labute approximate surface area is 154 Å². The highest BCUT2D eigenvalue weighted by molar-refractivity contribution is 6.00. The minimum Gasteiger partial charge on any atom is -0.497 e. The van der Waals surface area contributed by atoms with E-state index in [4.69, 9.17) is 14.2 Å². The Bertz CT molecular complexity index is 682. The molecule has 0 heterocycles. The van der Waals surface area contributed by atoms with Crippen molar-refractivity contribution < 1.29 is 23.8 Å². The summed E-state index contributed by atoms with van der Waals surface area (Å²) in [7, 11) is 3.06. The molecule has 4 fully saturated rings. The average molecular weight is 358 g/mol. The molecular weight excluding hydrogens is 332 g/mol. The first-order valence-corrected chi connectivity index (χ1v) is 9.51. The molecule has 0 amide bonds. The predicted octanol–water partition coefficient (Wildman–Crippen LogP) is 3.50. The van der Waals surface area contributed by atoms with Gasteiger partial charge in [-0.3, -0.25) is 9.59 Å². The molecule has 4 aliphatic carbocycles. The van der Waals surface area contributed by atoms with Crippen molar-refractivity contribution in [3.8, 4) is 11.5 Å². The van der Waals surface area contributed by atoms with Crippen LogP contribution in [0.25, 0.3) is 0 Å². The van der Waals surface area contributed by atoms with Gasteiger partial charge in [0.25, 0.3) is 0 Å². The van der Waals surface area contributed by atoms with E-state index < -0.39 is 0 Å². The normalized spacial score (nSPS) is 31.5. The molecule has 1 aromatic carbocycles. The van der Waals surface area contributed by atoms with E-state index in [1.54, 1.807) is 25.3 Å². The molecule has 140 valence electrons. The summed E-state index contributed by atoms with van der Waals surface area (Å²) in [4.78, 5) is 25.2. The van der Waals surface area contributed by atoms with Crippen molar-refractivity contribution in [1.82, 2.24) is 0 Å². The summed E-state index contributed by atoms with van der Waals surface area (Å²) < 4.78 is 15.9. The third-order valence-corrected chi connectivity index (χ3v) is 6.55. The number of Topliss-reactive ketones (excluding diaryl/α,β-unsaturated/α-hetero) is 1. The van der Waals surface area contributed by atoms with Crippen LogP contribution >= 0.6 is 0 Å². The molecule has 0 aliphatic heterocycles. The summed E-state index contributed by atoms with van der Waals surface area (Å²) >= 11 is 0. The molecule has 0 N–H and O–H groups in total. The Hall–Kier alpha value is -2.04. The summed E-state index contributed by atoms with van der Waals surface area (Å²) in [6.07, 6.45) is 5.99. The fourth-order valence-corrected chi connectivity index (χ4v) is 5.65. The van der Waals surface area contributed by atoms with Crippen LogP contribution in [-0.4, -0.2) is 32.6 Å². The van der Waals surface area contributed by atoms with Crippen molar-refractivity contribution >= 4 is 11.8 Å². The number of ether oxygens (including phenoxy) is 3. The van der Waals surface area contributed by atoms with Crippen molar-refractivity contribution in [2.75, 3.05) is 20.8 Å². The lowest BCUT2D eigenvalue weighted by Crippen LogP contribution is -2.48. The van der Waals surface area contributed by atoms with Gasteiger partial charge in [-0.15, -0.1) is 0 Å². The van der Waals surface area contributed by atoms with E-state index in [1.807, 2.05) is 0 Å². The quantitative estimate of drug-likeness (QED) is 0.575. The van der Waals surface area contributed by atoms with E-state index in [2.05, 4.69) is 0 Å². The average Bonchev–Trinajstić information content (AvgIpc) is 2.64. The van der Waals surface area contributed by atoms with Gasteiger partial charge in [0.2, 0.25) is 5.78 Å². The molecule has 0 spiro atoms. The van der Waals surface area contributed by atoms with E-state index in [0.717, 1.165) is 37.5 Å². The minimum atomic E-state index is -0.248. The number of esters is 1. The summed E-state index contributed by atoms with van der Waals surface area (Å²) in [6.45, 7) is -0.232. The molecule has 26 heavy (non-hydrogen) atoms. The lowest BCUT2D eigenvalue weighted by molar-refractivity contribution is -0.161. The molecule has 4 saturated carbocycles. The van der Waals surface area contributed by atoms with Gasteiger partial charge in [0, 0.05) is 6.07 Å². The van der Waals surface area contributed by atoms with E-state index in [-0.39, 0.29) is 24.3 Å². The zero-order valence-electron chi connectivity index (χ0n) is 15.4. The Kier molecular flexibility index (Phi) is 4.63. The maximum absolute atomic E-state index is 12.7. The number of hydrogen-bond donors (Lipinski definition) is 0. The van der Waals surface area contributed by atoms with Gasteiger partial charge in [-0.2, -0.15) is 0 Å². The molecule has 5 heteroatoms. The number of carbonyl (C=O) groups excluding carboxylic acids is 2. The molecule has 0 aromatic heterocycles. The molecular formula is C21H26O5. The Morgan fingerprint density at radius 1 is 0.962 bits per heavy atom. The highest BCUT2D eigenvalue weighted by Crippen LogP contribution is 2.56. The Balaban J connectivity index is 1.40. The van der Waals surface area contributed by atoms with Crippen LogP contribution in [0.15, 0.2) is 18.2 Å². The molecule has 5 rings (SSSR count). The monoisotopic (exact) mass is 358 g/mol. The highest BCUT2D eigenvalue weighted by atomic mass is 16.5. The third-order valence-electron chi connectivity index (χ3n) is 6.55. The number of rotatable bonds is 6. The highest BCUT2D eigenvalue weighted by Gasteiger charge is 2.51. The van der Waals surface area contributed by atoms with E-state index in [9.17, 15) is 9.59 Å². The van der Waals surface area contributed by atoms with Crippen LogP contribution in [0.5, 0.6) is 11.5 Å². The Morgan fingerprint density at radius 3 is 2.19 bits per heavy atom. The number of carbonyl (C=O) groups is 2. The van der Waals surface area contributed by atoms with Crippen molar-refractivity contribution in [2.24, 2.45) is 29.6 Å². The largest absolute Gasteiger partial charge is 0.497 e. The van der Waals surface area contributed by atoms with Gasteiger partial charge in [0.15, 0.2) is 6.61 Å². The van der Waals surface area contributed by atoms with Crippen molar-refractivity contribution in [1.29, 1.82) is 0 Å². The number of ketones is 1. The number of methoxy groups -OCH3 is 2. The molecule has 0 radical (unpaired) electrons. The van der Waals surface area contributed by atoms with Crippen LogP contribution in [0.4, 0.5) is 0 Å². The topological polar surface area (TPSA) is 61.8 Å². The van der Waals surface area contributed by atoms with Crippen LogP contribution in [0, 0.1) is 29.6 Å². The summed E-state index contributed by atoms with van der Waals surface area (Å²) in [5.74, 6) is 3.16.